The molecular weight excluding hydrogens is 333 g/mol. The molecule has 5 nitrogen and oxygen atoms in total. The zero-order chi connectivity index (χ0) is 17.3. The molecule has 0 bridgehead atoms. The van der Waals surface area contributed by atoms with Crippen LogP contribution in [0.15, 0.2) is 53.4 Å². The Morgan fingerprint density at radius 1 is 1.17 bits per heavy atom. The Labute approximate surface area is 139 Å². The molecule has 0 aromatic heterocycles. The lowest BCUT2D eigenvalue weighted by Gasteiger charge is -2.09. The number of methoxy groups -OCH3 is 1. The molecule has 2 atom stereocenters. The molecule has 0 spiro atoms. The summed E-state index contributed by atoms with van der Waals surface area (Å²) in [6.45, 7) is 0. The van der Waals surface area contributed by atoms with Crippen molar-refractivity contribution in [3.05, 3.63) is 59.9 Å². The quantitative estimate of drug-likeness (QED) is 0.900. The van der Waals surface area contributed by atoms with Crippen LogP contribution in [0.2, 0.25) is 0 Å². The van der Waals surface area contributed by atoms with Crippen LogP contribution >= 0.6 is 0 Å². The maximum Gasteiger partial charge on any atom is 0.264 e. The Morgan fingerprint density at radius 2 is 1.83 bits per heavy atom. The molecule has 1 N–H and O–H groups in total. The number of rotatable bonds is 5. The van der Waals surface area contributed by atoms with Gasteiger partial charge in [-0.3, -0.25) is 4.79 Å². The molecule has 0 radical (unpaired) electrons. The lowest BCUT2D eigenvalue weighted by molar-refractivity contribution is -0.120. The minimum absolute atomic E-state index is 0.0652. The molecule has 0 saturated heterocycles. The smallest absolute Gasteiger partial charge is 0.264 e. The number of amides is 1. The van der Waals surface area contributed by atoms with Crippen molar-refractivity contribution in [1.82, 2.24) is 4.72 Å². The molecule has 1 amide bonds. The molecule has 0 aliphatic heterocycles. The fraction of sp³-hybridized carbons (Fsp3) is 0.235. The van der Waals surface area contributed by atoms with E-state index in [0.717, 1.165) is 29.8 Å². The first-order valence-electron chi connectivity index (χ1n) is 7.37. The highest BCUT2D eigenvalue weighted by Gasteiger charge is 2.46. The number of ether oxygens (including phenoxy) is 1. The second kappa shape index (κ2) is 6.24. The molecule has 2 aromatic carbocycles. The molecule has 126 valence electrons. The van der Waals surface area contributed by atoms with Crippen molar-refractivity contribution >= 4 is 15.9 Å². The standard InChI is InChI=1S/C17H16FNO4S/c1-23-16-5-3-2-4-13(16)14-10-15(14)17(20)19-24(21,22)12-8-6-11(18)7-9-12/h2-9,14-15H,10H2,1H3,(H,19,20)/t14-,15-/m0/s1. The van der Waals surface area contributed by atoms with Crippen LogP contribution in [0.1, 0.15) is 17.9 Å². The summed E-state index contributed by atoms with van der Waals surface area (Å²) in [7, 11) is -2.45. The Kier molecular flexibility index (Phi) is 4.28. The molecule has 1 aliphatic carbocycles. The van der Waals surface area contributed by atoms with Crippen molar-refractivity contribution in [2.45, 2.75) is 17.2 Å². The first-order chi connectivity index (χ1) is 11.4. The molecule has 0 heterocycles. The lowest BCUT2D eigenvalue weighted by atomic mass is 10.1. The summed E-state index contributed by atoms with van der Waals surface area (Å²) in [5, 5.41) is 0. The summed E-state index contributed by atoms with van der Waals surface area (Å²) >= 11 is 0. The van der Waals surface area contributed by atoms with Gasteiger partial charge >= 0.3 is 0 Å². The number of sulfonamides is 1. The van der Waals surface area contributed by atoms with E-state index >= 15 is 0 Å². The Hall–Kier alpha value is -2.41. The van der Waals surface area contributed by atoms with Gasteiger partial charge in [-0.1, -0.05) is 18.2 Å². The SMILES string of the molecule is COc1ccccc1[C@@H]1C[C@@H]1C(=O)NS(=O)(=O)c1ccc(F)cc1. The van der Waals surface area contributed by atoms with Gasteiger partial charge in [-0.25, -0.2) is 17.5 Å². The molecule has 1 aliphatic rings. The van der Waals surface area contributed by atoms with Gasteiger partial charge in [0.1, 0.15) is 11.6 Å². The van der Waals surface area contributed by atoms with Crippen LogP contribution < -0.4 is 9.46 Å². The van der Waals surface area contributed by atoms with Gasteiger partial charge in [0.15, 0.2) is 0 Å². The normalized spacial score (nSPS) is 19.6. The van der Waals surface area contributed by atoms with Crippen molar-refractivity contribution in [2.75, 3.05) is 7.11 Å². The predicted octanol–water partition coefficient (Wildman–Crippen LogP) is 2.44. The zero-order valence-electron chi connectivity index (χ0n) is 12.9. The van der Waals surface area contributed by atoms with Gasteiger partial charge in [-0.05, 0) is 48.2 Å². The molecule has 1 saturated carbocycles. The third kappa shape index (κ3) is 3.26. The molecule has 0 unspecified atom stereocenters. The number of carbonyl (C=O) groups excluding carboxylic acids is 1. The van der Waals surface area contributed by atoms with Gasteiger partial charge in [-0.15, -0.1) is 0 Å². The number of nitrogens with one attached hydrogen (secondary N) is 1. The molecular formula is C17H16FNO4S. The van der Waals surface area contributed by atoms with E-state index in [0.29, 0.717) is 12.2 Å². The number of hydrogen-bond acceptors (Lipinski definition) is 4. The topological polar surface area (TPSA) is 72.5 Å². The monoisotopic (exact) mass is 349 g/mol. The fourth-order valence-corrected chi connectivity index (χ4v) is 3.71. The van der Waals surface area contributed by atoms with Crippen LogP contribution in [0.5, 0.6) is 5.75 Å². The summed E-state index contributed by atoms with van der Waals surface area (Å²) in [6.07, 6.45) is 0.561. The molecule has 3 rings (SSSR count). The van der Waals surface area contributed by atoms with Crippen molar-refractivity contribution in [3.63, 3.8) is 0 Å². The summed E-state index contributed by atoms with van der Waals surface area (Å²) < 4.78 is 44.6. The highest BCUT2D eigenvalue weighted by Crippen LogP contribution is 2.50. The highest BCUT2D eigenvalue weighted by atomic mass is 32.2. The van der Waals surface area contributed by atoms with E-state index in [2.05, 4.69) is 4.72 Å². The second-order valence-corrected chi connectivity index (χ2v) is 7.30. The van der Waals surface area contributed by atoms with Crippen LogP contribution in [-0.4, -0.2) is 21.4 Å². The van der Waals surface area contributed by atoms with Crippen LogP contribution in [0.3, 0.4) is 0 Å². The average molecular weight is 349 g/mol. The maximum absolute atomic E-state index is 12.9. The number of para-hydroxylation sites is 1. The fourth-order valence-electron chi connectivity index (χ4n) is 2.68. The second-order valence-electron chi connectivity index (χ2n) is 5.61. The van der Waals surface area contributed by atoms with Crippen LogP contribution in [-0.2, 0) is 14.8 Å². The first-order valence-corrected chi connectivity index (χ1v) is 8.86. The van der Waals surface area contributed by atoms with E-state index in [9.17, 15) is 17.6 Å². The summed E-state index contributed by atoms with van der Waals surface area (Å²) in [5.41, 5.74) is 0.888. The van der Waals surface area contributed by atoms with Gasteiger partial charge in [0.2, 0.25) is 5.91 Å². The number of benzene rings is 2. The van der Waals surface area contributed by atoms with Gasteiger partial charge in [0, 0.05) is 5.92 Å². The highest BCUT2D eigenvalue weighted by molar-refractivity contribution is 7.90. The predicted molar refractivity (Wildman–Crippen MR) is 85.6 cm³/mol. The van der Waals surface area contributed by atoms with Crippen LogP contribution in [0, 0.1) is 11.7 Å². The molecule has 7 heteroatoms. The van der Waals surface area contributed by atoms with Crippen molar-refractivity contribution in [1.29, 1.82) is 0 Å². The summed E-state index contributed by atoms with van der Waals surface area (Å²) in [6, 6.07) is 11.7. The van der Waals surface area contributed by atoms with Crippen LogP contribution in [0.4, 0.5) is 4.39 Å². The molecule has 24 heavy (non-hydrogen) atoms. The van der Waals surface area contributed by atoms with Gasteiger partial charge < -0.3 is 4.74 Å². The number of halogens is 1. The number of hydrogen-bond donors (Lipinski definition) is 1. The van der Waals surface area contributed by atoms with E-state index in [4.69, 9.17) is 4.74 Å². The maximum atomic E-state index is 12.9. The third-order valence-corrected chi connectivity index (χ3v) is 5.39. The molecule has 2 aromatic rings. The lowest BCUT2D eigenvalue weighted by Crippen LogP contribution is -2.32. The van der Waals surface area contributed by atoms with E-state index in [1.807, 2.05) is 18.2 Å². The van der Waals surface area contributed by atoms with Crippen molar-refractivity contribution < 1.29 is 22.3 Å². The van der Waals surface area contributed by atoms with Gasteiger partial charge in [-0.2, -0.15) is 0 Å². The summed E-state index contributed by atoms with van der Waals surface area (Å²) in [4.78, 5) is 12.1. The average Bonchev–Trinajstić information content (AvgIpc) is 3.35. The summed E-state index contributed by atoms with van der Waals surface area (Å²) in [5.74, 6) is -0.908. The van der Waals surface area contributed by atoms with E-state index in [-0.39, 0.29) is 10.8 Å². The van der Waals surface area contributed by atoms with Gasteiger partial charge in [0.25, 0.3) is 10.0 Å². The Morgan fingerprint density at radius 3 is 2.50 bits per heavy atom. The minimum Gasteiger partial charge on any atom is -0.496 e. The van der Waals surface area contributed by atoms with E-state index in [1.54, 1.807) is 13.2 Å². The zero-order valence-corrected chi connectivity index (χ0v) is 13.7. The largest absolute Gasteiger partial charge is 0.496 e. The third-order valence-electron chi connectivity index (χ3n) is 4.02. The van der Waals surface area contributed by atoms with E-state index in [1.165, 1.54) is 0 Å². The number of carbonyl (C=O) groups is 1. The first kappa shape index (κ1) is 16.4. The minimum atomic E-state index is -4.00. The molecule has 1 fully saturated rings. The Balaban J connectivity index is 1.71. The Bertz CT molecular complexity index is 864. The van der Waals surface area contributed by atoms with E-state index < -0.39 is 27.7 Å². The van der Waals surface area contributed by atoms with Gasteiger partial charge in [0.05, 0.1) is 12.0 Å². The van der Waals surface area contributed by atoms with Crippen molar-refractivity contribution in [3.8, 4) is 5.75 Å². The van der Waals surface area contributed by atoms with Crippen molar-refractivity contribution in [2.24, 2.45) is 5.92 Å². The van der Waals surface area contributed by atoms with Crippen LogP contribution in [0.25, 0.3) is 0 Å².